The van der Waals surface area contributed by atoms with E-state index in [-0.39, 0.29) is 12.0 Å². The third-order valence-electron chi connectivity index (χ3n) is 3.66. The number of likely N-dealkylation sites (tertiary alicyclic amines) is 1. The summed E-state index contributed by atoms with van der Waals surface area (Å²) in [4.78, 5) is 15.9. The SMILES string of the molecule is C=C[C@](C)(O)C(=O)N1CCC(OCCCN(C)C)CC1. The number of rotatable bonds is 7. The van der Waals surface area contributed by atoms with Gasteiger partial charge in [-0.2, -0.15) is 0 Å². The Hall–Kier alpha value is -0.910. The maximum atomic E-state index is 12.1. The Balaban J connectivity index is 2.26. The Morgan fingerprint density at radius 1 is 1.50 bits per heavy atom. The Labute approximate surface area is 122 Å². The van der Waals surface area contributed by atoms with Gasteiger partial charge in [-0.25, -0.2) is 0 Å². The molecule has 0 aliphatic carbocycles. The van der Waals surface area contributed by atoms with Crippen LogP contribution in [0.3, 0.4) is 0 Å². The summed E-state index contributed by atoms with van der Waals surface area (Å²) in [7, 11) is 4.10. The van der Waals surface area contributed by atoms with Gasteiger partial charge in [0.05, 0.1) is 6.10 Å². The van der Waals surface area contributed by atoms with Crippen LogP contribution in [0.15, 0.2) is 12.7 Å². The molecule has 1 N–H and O–H groups in total. The molecule has 0 bridgehead atoms. The van der Waals surface area contributed by atoms with Crippen molar-refractivity contribution >= 4 is 5.91 Å². The zero-order valence-corrected chi connectivity index (χ0v) is 13.0. The minimum Gasteiger partial charge on any atom is -0.378 e. The van der Waals surface area contributed by atoms with Gasteiger partial charge >= 0.3 is 0 Å². The average Bonchev–Trinajstić information content (AvgIpc) is 2.43. The van der Waals surface area contributed by atoms with Crippen LogP contribution in [-0.4, -0.2) is 72.9 Å². The van der Waals surface area contributed by atoms with Crippen molar-refractivity contribution in [2.75, 3.05) is 40.3 Å². The van der Waals surface area contributed by atoms with E-state index >= 15 is 0 Å². The molecule has 1 aliphatic rings. The summed E-state index contributed by atoms with van der Waals surface area (Å²) >= 11 is 0. The highest BCUT2D eigenvalue weighted by Crippen LogP contribution is 2.18. The molecule has 1 amide bonds. The number of hydrogen-bond donors (Lipinski definition) is 1. The average molecular weight is 284 g/mol. The van der Waals surface area contributed by atoms with Crippen molar-refractivity contribution < 1.29 is 14.6 Å². The molecule has 1 atom stereocenters. The zero-order chi connectivity index (χ0) is 15.2. The van der Waals surface area contributed by atoms with E-state index in [4.69, 9.17) is 4.74 Å². The van der Waals surface area contributed by atoms with Gasteiger partial charge in [-0.15, -0.1) is 0 Å². The first-order chi connectivity index (χ1) is 9.36. The number of carbonyl (C=O) groups excluding carboxylic acids is 1. The Bertz CT molecular complexity index is 321. The molecule has 1 heterocycles. The summed E-state index contributed by atoms with van der Waals surface area (Å²) in [5, 5.41) is 9.89. The number of amides is 1. The monoisotopic (exact) mass is 284 g/mol. The third-order valence-corrected chi connectivity index (χ3v) is 3.66. The van der Waals surface area contributed by atoms with Crippen molar-refractivity contribution in [2.45, 2.75) is 37.9 Å². The number of aliphatic hydroxyl groups is 1. The number of carbonyl (C=O) groups is 1. The lowest BCUT2D eigenvalue weighted by Crippen LogP contribution is -2.49. The van der Waals surface area contributed by atoms with Crippen molar-refractivity contribution in [3.8, 4) is 0 Å². The maximum absolute atomic E-state index is 12.1. The maximum Gasteiger partial charge on any atom is 0.258 e. The van der Waals surface area contributed by atoms with Gasteiger partial charge in [0, 0.05) is 19.7 Å². The molecule has 1 fully saturated rings. The first kappa shape index (κ1) is 17.1. The predicted octanol–water partition coefficient (Wildman–Crippen LogP) is 0.883. The molecular formula is C15H28N2O3. The summed E-state index contributed by atoms with van der Waals surface area (Å²) < 4.78 is 5.83. The second kappa shape index (κ2) is 7.76. The van der Waals surface area contributed by atoms with E-state index in [2.05, 4.69) is 25.6 Å². The quantitative estimate of drug-likeness (QED) is 0.557. The standard InChI is InChI=1S/C15H28N2O3/c1-5-15(2,19)14(18)17-10-7-13(8-11-17)20-12-6-9-16(3)4/h5,13,19H,1,6-12H2,2-4H3/t15-/m0/s1. The molecular weight excluding hydrogens is 256 g/mol. The van der Waals surface area contributed by atoms with Crippen LogP contribution in [0.25, 0.3) is 0 Å². The fraction of sp³-hybridized carbons (Fsp3) is 0.800. The van der Waals surface area contributed by atoms with Crippen molar-refractivity contribution in [2.24, 2.45) is 0 Å². The highest BCUT2D eigenvalue weighted by atomic mass is 16.5. The molecule has 0 radical (unpaired) electrons. The molecule has 0 spiro atoms. The summed E-state index contributed by atoms with van der Waals surface area (Å²) in [6, 6.07) is 0. The third kappa shape index (κ3) is 5.23. The normalized spacial score (nSPS) is 19.9. The number of hydrogen-bond acceptors (Lipinski definition) is 4. The first-order valence-corrected chi connectivity index (χ1v) is 7.28. The van der Waals surface area contributed by atoms with Gasteiger partial charge in [0.1, 0.15) is 0 Å². The fourth-order valence-electron chi connectivity index (χ4n) is 2.26. The lowest BCUT2D eigenvalue weighted by Gasteiger charge is -2.35. The summed E-state index contributed by atoms with van der Waals surface area (Å²) in [6.45, 7) is 8.05. The van der Waals surface area contributed by atoms with Crippen LogP contribution in [0.2, 0.25) is 0 Å². The second-order valence-electron chi connectivity index (χ2n) is 5.87. The zero-order valence-electron chi connectivity index (χ0n) is 13.0. The van der Waals surface area contributed by atoms with Gasteiger partial charge in [-0.3, -0.25) is 4.79 Å². The molecule has 20 heavy (non-hydrogen) atoms. The lowest BCUT2D eigenvalue weighted by atomic mass is 10.0. The number of nitrogens with zero attached hydrogens (tertiary/aromatic N) is 2. The smallest absolute Gasteiger partial charge is 0.258 e. The summed E-state index contributed by atoms with van der Waals surface area (Å²) in [5.41, 5.74) is -1.46. The largest absolute Gasteiger partial charge is 0.378 e. The van der Waals surface area contributed by atoms with Crippen molar-refractivity contribution in [1.82, 2.24) is 9.80 Å². The second-order valence-corrected chi connectivity index (χ2v) is 5.87. The van der Waals surface area contributed by atoms with E-state index < -0.39 is 5.60 Å². The van der Waals surface area contributed by atoms with Crippen LogP contribution in [0.4, 0.5) is 0 Å². The van der Waals surface area contributed by atoms with Crippen LogP contribution in [0.1, 0.15) is 26.2 Å². The van der Waals surface area contributed by atoms with Crippen LogP contribution >= 0.6 is 0 Å². The Kier molecular flexibility index (Phi) is 6.65. The van der Waals surface area contributed by atoms with Gasteiger partial charge in [0.15, 0.2) is 5.60 Å². The van der Waals surface area contributed by atoms with E-state index in [1.807, 2.05) is 0 Å². The topological polar surface area (TPSA) is 53.0 Å². The Morgan fingerprint density at radius 2 is 2.10 bits per heavy atom. The number of piperidine rings is 1. The van der Waals surface area contributed by atoms with Crippen molar-refractivity contribution in [1.29, 1.82) is 0 Å². The van der Waals surface area contributed by atoms with Gasteiger partial charge in [0.25, 0.3) is 5.91 Å². The molecule has 0 unspecified atom stereocenters. The molecule has 0 saturated carbocycles. The first-order valence-electron chi connectivity index (χ1n) is 7.28. The number of ether oxygens (including phenoxy) is 1. The molecule has 0 aromatic rings. The van der Waals surface area contributed by atoms with Crippen molar-refractivity contribution in [3.05, 3.63) is 12.7 Å². The van der Waals surface area contributed by atoms with Gasteiger partial charge in [-0.1, -0.05) is 12.7 Å². The molecule has 1 rings (SSSR count). The molecule has 0 aromatic heterocycles. The molecule has 5 nitrogen and oxygen atoms in total. The lowest BCUT2D eigenvalue weighted by molar-refractivity contribution is -0.147. The Morgan fingerprint density at radius 3 is 2.60 bits per heavy atom. The van der Waals surface area contributed by atoms with E-state index in [1.54, 1.807) is 4.90 Å². The van der Waals surface area contributed by atoms with E-state index in [0.29, 0.717) is 13.1 Å². The predicted molar refractivity (Wildman–Crippen MR) is 79.5 cm³/mol. The molecule has 5 heteroatoms. The minimum absolute atomic E-state index is 0.231. The molecule has 1 saturated heterocycles. The van der Waals surface area contributed by atoms with Crippen LogP contribution in [-0.2, 0) is 9.53 Å². The molecule has 0 aromatic carbocycles. The molecule has 116 valence electrons. The van der Waals surface area contributed by atoms with Crippen molar-refractivity contribution in [3.63, 3.8) is 0 Å². The van der Waals surface area contributed by atoms with Gasteiger partial charge in [0.2, 0.25) is 0 Å². The summed E-state index contributed by atoms with van der Waals surface area (Å²) in [6.07, 6.45) is 4.22. The van der Waals surface area contributed by atoms with Gasteiger partial charge < -0.3 is 19.6 Å². The van der Waals surface area contributed by atoms with E-state index in [0.717, 1.165) is 32.4 Å². The van der Waals surface area contributed by atoms with Crippen LogP contribution in [0, 0.1) is 0 Å². The van der Waals surface area contributed by atoms with E-state index in [1.165, 1.54) is 13.0 Å². The van der Waals surface area contributed by atoms with Gasteiger partial charge in [-0.05, 0) is 46.8 Å². The highest BCUT2D eigenvalue weighted by molar-refractivity contribution is 5.86. The fourth-order valence-corrected chi connectivity index (χ4v) is 2.26. The molecule has 1 aliphatic heterocycles. The van der Waals surface area contributed by atoms with E-state index in [9.17, 15) is 9.90 Å². The summed E-state index contributed by atoms with van der Waals surface area (Å²) in [5.74, 6) is -0.265. The highest BCUT2D eigenvalue weighted by Gasteiger charge is 2.33. The minimum atomic E-state index is -1.46. The van der Waals surface area contributed by atoms with Crippen LogP contribution < -0.4 is 0 Å². The van der Waals surface area contributed by atoms with Crippen LogP contribution in [0.5, 0.6) is 0 Å².